The first-order valence-electron chi connectivity index (χ1n) is 11.6. The lowest BCUT2D eigenvalue weighted by atomic mass is 10.0. The Morgan fingerprint density at radius 1 is 1.00 bits per heavy atom. The van der Waals surface area contributed by atoms with Gasteiger partial charge in [-0.2, -0.15) is 18.4 Å². The number of ether oxygens (including phenoxy) is 1. The highest BCUT2D eigenvalue weighted by Crippen LogP contribution is 2.41. The minimum atomic E-state index is -4.82. The number of nitriles is 1. The summed E-state index contributed by atoms with van der Waals surface area (Å²) < 4.78 is 61.8. The second-order valence-corrected chi connectivity index (χ2v) is 9.88. The van der Waals surface area contributed by atoms with Gasteiger partial charge in [-0.3, -0.25) is 9.69 Å². The van der Waals surface area contributed by atoms with Crippen LogP contribution < -0.4 is 14.5 Å². The lowest BCUT2D eigenvalue weighted by Crippen LogP contribution is -2.44. The largest absolute Gasteiger partial charge is 0.491 e. The molecule has 10 heteroatoms. The van der Waals surface area contributed by atoms with E-state index >= 15 is 4.39 Å². The van der Waals surface area contributed by atoms with Crippen LogP contribution in [0.1, 0.15) is 38.8 Å². The molecule has 0 atom stereocenters. The number of amides is 1. The van der Waals surface area contributed by atoms with Gasteiger partial charge < -0.3 is 9.64 Å². The minimum absolute atomic E-state index is 0.00375. The summed E-state index contributed by atoms with van der Waals surface area (Å²) >= 11 is 5.49. The van der Waals surface area contributed by atoms with Gasteiger partial charge in [-0.15, -0.1) is 0 Å². The monoisotopic (exact) mass is 541 g/mol. The molecule has 1 heterocycles. The predicted octanol–water partition coefficient (Wildman–Crippen LogP) is 7.09. The summed E-state index contributed by atoms with van der Waals surface area (Å²) in [6, 6.07) is 16.0. The molecule has 0 N–H and O–H groups in total. The van der Waals surface area contributed by atoms with E-state index in [2.05, 4.69) is 0 Å². The number of anilines is 2. The molecule has 0 radical (unpaired) electrons. The van der Waals surface area contributed by atoms with E-state index < -0.39 is 34.6 Å². The number of nitrogens with zero attached hydrogens (tertiary/aromatic N) is 3. The van der Waals surface area contributed by atoms with Crippen LogP contribution in [0.5, 0.6) is 5.75 Å². The van der Waals surface area contributed by atoms with Gasteiger partial charge in [0.2, 0.25) is 0 Å². The van der Waals surface area contributed by atoms with E-state index in [4.69, 9.17) is 22.2 Å². The number of carbonyl (C=O) groups excluding carboxylic acids is 1. The van der Waals surface area contributed by atoms with Crippen LogP contribution in [-0.2, 0) is 11.0 Å². The van der Waals surface area contributed by atoms with Crippen molar-refractivity contribution in [2.45, 2.75) is 45.5 Å². The summed E-state index contributed by atoms with van der Waals surface area (Å²) in [6.45, 7) is 6.84. The number of thiocarbonyl (C=S) groups is 1. The first kappa shape index (κ1) is 27.1. The Labute approximate surface area is 222 Å². The maximum Gasteiger partial charge on any atom is 0.417 e. The molecule has 4 rings (SSSR count). The van der Waals surface area contributed by atoms with Gasteiger partial charge in [0, 0.05) is 0 Å². The van der Waals surface area contributed by atoms with E-state index in [9.17, 15) is 18.0 Å². The van der Waals surface area contributed by atoms with Gasteiger partial charge >= 0.3 is 6.18 Å². The van der Waals surface area contributed by atoms with Crippen molar-refractivity contribution in [3.05, 3.63) is 77.6 Å². The number of benzene rings is 3. The molecule has 196 valence electrons. The summed E-state index contributed by atoms with van der Waals surface area (Å²) in [6.07, 6.45) is -4.81. The van der Waals surface area contributed by atoms with Crippen LogP contribution in [-0.4, -0.2) is 22.7 Å². The SMILES string of the molecule is CC(C)Oc1ccc(-c2ccc(N3C(=S)N(c4ccc(C#N)c(C(F)(F)F)c4)C(=O)C3(C)C)c(F)c2)cc1. The van der Waals surface area contributed by atoms with Crippen molar-refractivity contribution in [1.29, 1.82) is 5.26 Å². The van der Waals surface area contributed by atoms with E-state index in [1.165, 1.54) is 43.0 Å². The Morgan fingerprint density at radius 2 is 1.63 bits per heavy atom. The van der Waals surface area contributed by atoms with Gasteiger partial charge in [-0.1, -0.05) is 18.2 Å². The van der Waals surface area contributed by atoms with Crippen LogP contribution in [0.3, 0.4) is 0 Å². The van der Waals surface area contributed by atoms with E-state index in [1.54, 1.807) is 30.3 Å². The van der Waals surface area contributed by atoms with Crippen molar-refractivity contribution < 1.29 is 27.1 Å². The number of hydrogen-bond acceptors (Lipinski definition) is 4. The first-order chi connectivity index (χ1) is 17.8. The number of halogens is 4. The fourth-order valence-corrected chi connectivity index (χ4v) is 4.81. The fourth-order valence-electron chi connectivity index (χ4n) is 4.30. The molecule has 0 aliphatic carbocycles. The Kier molecular flexibility index (Phi) is 6.93. The molecule has 0 unspecified atom stereocenters. The van der Waals surface area contributed by atoms with E-state index in [0.717, 1.165) is 16.5 Å². The van der Waals surface area contributed by atoms with E-state index in [0.29, 0.717) is 17.4 Å². The third kappa shape index (κ3) is 4.82. The summed E-state index contributed by atoms with van der Waals surface area (Å²) in [5.74, 6) is -0.615. The maximum atomic E-state index is 15.5. The minimum Gasteiger partial charge on any atom is -0.491 e. The van der Waals surface area contributed by atoms with Gasteiger partial charge in [0.25, 0.3) is 5.91 Å². The van der Waals surface area contributed by atoms with Crippen LogP contribution in [0.2, 0.25) is 0 Å². The molecular weight excluding hydrogens is 518 g/mol. The molecule has 5 nitrogen and oxygen atoms in total. The topological polar surface area (TPSA) is 56.6 Å². The molecule has 3 aromatic rings. The Morgan fingerprint density at radius 3 is 2.18 bits per heavy atom. The number of carbonyl (C=O) groups is 1. The van der Waals surface area contributed by atoms with Crippen molar-refractivity contribution in [2.75, 3.05) is 9.80 Å². The highest BCUT2D eigenvalue weighted by molar-refractivity contribution is 7.81. The number of rotatable bonds is 5. The molecule has 1 aliphatic rings. The van der Waals surface area contributed by atoms with Crippen molar-refractivity contribution in [3.8, 4) is 22.9 Å². The third-order valence-electron chi connectivity index (χ3n) is 6.10. The van der Waals surface area contributed by atoms with Gasteiger partial charge in [-0.05, 0) is 93.5 Å². The summed E-state index contributed by atoms with van der Waals surface area (Å²) in [5.41, 5.74) is -2.02. The quantitative estimate of drug-likeness (QED) is 0.255. The van der Waals surface area contributed by atoms with Gasteiger partial charge in [0.05, 0.1) is 34.7 Å². The normalized spacial score (nSPS) is 15.3. The molecule has 1 aliphatic heterocycles. The summed E-state index contributed by atoms with van der Waals surface area (Å²) in [5, 5.41) is 8.91. The molecule has 0 saturated carbocycles. The number of alkyl halides is 3. The van der Waals surface area contributed by atoms with E-state index in [-0.39, 0.29) is 22.6 Å². The molecule has 1 fully saturated rings. The molecule has 0 aromatic heterocycles. The van der Waals surface area contributed by atoms with Gasteiger partial charge in [0.15, 0.2) is 5.11 Å². The van der Waals surface area contributed by atoms with Gasteiger partial charge in [-0.25, -0.2) is 4.39 Å². The lowest BCUT2D eigenvalue weighted by molar-refractivity contribution is -0.137. The standard InChI is InChI=1S/C28H23F4N3O2S/c1-16(2)37-21-10-6-17(7-11-21)18-8-12-24(23(29)13-18)35-26(38)34(25(36)27(35,3)4)20-9-5-19(15-33)22(14-20)28(30,31)32/h5-14,16H,1-4H3. The van der Waals surface area contributed by atoms with Crippen LogP contribution in [0.25, 0.3) is 11.1 Å². The van der Waals surface area contributed by atoms with Crippen LogP contribution in [0.4, 0.5) is 28.9 Å². The first-order valence-corrected chi connectivity index (χ1v) is 12.0. The second kappa shape index (κ2) is 9.72. The number of hydrogen-bond donors (Lipinski definition) is 0. The fraction of sp³-hybridized carbons (Fsp3) is 0.250. The zero-order valence-electron chi connectivity index (χ0n) is 20.9. The Balaban J connectivity index is 1.70. The molecule has 38 heavy (non-hydrogen) atoms. The average molecular weight is 542 g/mol. The molecule has 3 aromatic carbocycles. The molecule has 1 saturated heterocycles. The maximum absolute atomic E-state index is 15.5. The lowest BCUT2D eigenvalue weighted by Gasteiger charge is -2.30. The Bertz CT molecular complexity index is 1460. The van der Waals surface area contributed by atoms with Gasteiger partial charge in [0.1, 0.15) is 17.1 Å². The average Bonchev–Trinajstić information content (AvgIpc) is 3.02. The smallest absolute Gasteiger partial charge is 0.417 e. The summed E-state index contributed by atoms with van der Waals surface area (Å²) in [4.78, 5) is 15.6. The van der Waals surface area contributed by atoms with Crippen molar-refractivity contribution >= 4 is 34.6 Å². The van der Waals surface area contributed by atoms with Crippen LogP contribution in [0.15, 0.2) is 60.7 Å². The Hall–Kier alpha value is -3.97. The van der Waals surface area contributed by atoms with Crippen molar-refractivity contribution in [2.24, 2.45) is 0 Å². The predicted molar refractivity (Wildman–Crippen MR) is 140 cm³/mol. The van der Waals surface area contributed by atoms with Crippen LogP contribution >= 0.6 is 12.2 Å². The molecular formula is C28H23F4N3O2S. The zero-order valence-corrected chi connectivity index (χ0v) is 21.7. The zero-order chi connectivity index (χ0) is 28.0. The molecule has 1 amide bonds. The second-order valence-electron chi connectivity index (χ2n) is 9.51. The third-order valence-corrected chi connectivity index (χ3v) is 6.47. The van der Waals surface area contributed by atoms with E-state index in [1.807, 2.05) is 13.8 Å². The van der Waals surface area contributed by atoms with Crippen LogP contribution in [0, 0.1) is 17.1 Å². The van der Waals surface area contributed by atoms with Crippen molar-refractivity contribution in [3.63, 3.8) is 0 Å². The highest BCUT2D eigenvalue weighted by Gasteiger charge is 2.51. The van der Waals surface area contributed by atoms with Crippen molar-refractivity contribution in [1.82, 2.24) is 0 Å². The molecule has 0 bridgehead atoms. The molecule has 0 spiro atoms. The highest BCUT2D eigenvalue weighted by atomic mass is 32.1. The summed E-state index contributed by atoms with van der Waals surface area (Å²) in [7, 11) is 0.